The number of rotatable bonds is 23. The van der Waals surface area contributed by atoms with Gasteiger partial charge in [0.2, 0.25) is 11.8 Å². The van der Waals surface area contributed by atoms with Crippen molar-refractivity contribution in [1.29, 1.82) is 0 Å². The highest BCUT2D eigenvalue weighted by molar-refractivity contribution is 5.91. The lowest BCUT2D eigenvalue weighted by Crippen LogP contribution is -2.12. The minimum atomic E-state index is -0.794. The van der Waals surface area contributed by atoms with Crippen LogP contribution in [-0.2, 0) is 12.8 Å². The molecular weight excluding hydrogens is 851 g/mol. The van der Waals surface area contributed by atoms with Crippen LogP contribution in [0.3, 0.4) is 0 Å². The summed E-state index contributed by atoms with van der Waals surface area (Å²) in [4.78, 5) is 41.8. The molecule has 0 aliphatic carbocycles. The van der Waals surface area contributed by atoms with Crippen LogP contribution in [0.5, 0.6) is 23.3 Å². The predicted molar refractivity (Wildman–Crippen MR) is 259 cm³/mol. The number of carbonyl (C=O) groups excluding carboxylic acids is 2. The predicted octanol–water partition coefficient (Wildman–Crippen LogP) is 13.7. The second-order valence-corrected chi connectivity index (χ2v) is 16.9. The topological polar surface area (TPSA) is 123 Å². The highest BCUT2D eigenvalue weighted by Crippen LogP contribution is 2.25. The summed E-state index contributed by atoms with van der Waals surface area (Å²) >= 11 is 0. The van der Waals surface area contributed by atoms with E-state index in [0.717, 1.165) is 98.0 Å². The Morgan fingerprint density at radius 2 is 0.910 bits per heavy atom. The van der Waals surface area contributed by atoms with Crippen molar-refractivity contribution < 1.29 is 37.3 Å². The van der Waals surface area contributed by atoms with Gasteiger partial charge < -0.3 is 18.9 Å². The van der Waals surface area contributed by atoms with Gasteiger partial charge in [-0.25, -0.2) is 38.3 Å². The minimum absolute atomic E-state index is 0.0173. The molecule has 67 heavy (non-hydrogen) atoms. The van der Waals surface area contributed by atoms with Crippen LogP contribution < -0.4 is 18.9 Å². The van der Waals surface area contributed by atoms with Crippen molar-refractivity contribution in [2.24, 2.45) is 11.8 Å². The van der Waals surface area contributed by atoms with Gasteiger partial charge in [0.05, 0.1) is 60.5 Å². The summed E-state index contributed by atoms with van der Waals surface area (Å²) in [5.41, 5.74) is 4.51. The summed E-state index contributed by atoms with van der Waals surface area (Å²) in [5.74, 6) is -0.114. The van der Waals surface area contributed by atoms with Crippen molar-refractivity contribution in [2.75, 3.05) is 13.2 Å². The molecule has 12 heteroatoms. The Hall–Kier alpha value is -6.56. The van der Waals surface area contributed by atoms with E-state index in [1.807, 2.05) is 48.5 Å². The number of benzene rings is 4. The van der Waals surface area contributed by atoms with Gasteiger partial charge in [-0.15, -0.1) is 0 Å². The molecule has 6 aromatic rings. The van der Waals surface area contributed by atoms with Gasteiger partial charge in [0.1, 0.15) is 23.1 Å². The molecule has 0 bridgehead atoms. The van der Waals surface area contributed by atoms with Crippen molar-refractivity contribution in [3.8, 4) is 45.8 Å². The number of hydrogen-bond donors (Lipinski definition) is 0. The number of halogens is 2. The Balaban J connectivity index is 0.000000251. The maximum atomic E-state index is 14.5. The van der Waals surface area contributed by atoms with Gasteiger partial charge in [-0.3, -0.25) is 0 Å². The smallest absolute Gasteiger partial charge is 0.347 e. The average Bonchev–Trinajstić information content (AvgIpc) is 3.35. The summed E-state index contributed by atoms with van der Waals surface area (Å²) in [5, 5.41) is 0. The van der Waals surface area contributed by atoms with Crippen LogP contribution in [0.4, 0.5) is 8.78 Å². The van der Waals surface area contributed by atoms with E-state index in [1.165, 1.54) is 55.5 Å². The molecule has 6 rings (SSSR count). The van der Waals surface area contributed by atoms with Crippen molar-refractivity contribution in [3.05, 3.63) is 144 Å². The van der Waals surface area contributed by atoms with E-state index in [1.54, 1.807) is 12.1 Å². The van der Waals surface area contributed by atoms with Crippen molar-refractivity contribution in [3.63, 3.8) is 0 Å². The van der Waals surface area contributed by atoms with E-state index in [-0.39, 0.29) is 22.9 Å². The van der Waals surface area contributed by atoms with Crippen molar-refractivity contribution in [1.82, 2.24) is 19.9 Å². The Kier molecular flexibility index (Phi) is 20.9. The third-order valence-corrected chi connectivity index (χ3v) is 11.3. The summed E-state index contributed by atoms with van der Waals surface area (Å²) in [6.45, 7) is 14.2. The molecule has 0 radical (unpaired) electrons. The number of hydrogen-bond acceptors (Lipinski definition) is 10. The largest absolute Gasteiger partial charge is 0.493 e. The summed E-state index contributed by atoms with van der Waals surface area (Å²) in [6.07, 6.45) is 17.1. The Labute approximate surface area is 394 Å². The normalized spacial score (nSPS) is 11.8. The van der Waals surface area contributed by atoms with E-state index < -0.39 is 23.6 Å². The SMILES string of the molecule is CCCCCCc1ccc(C(=O)Oc2cnc(-c3ccc(OCC(C)CC)cc3)cn2)c(F)c1.CCCCCc1ccc(C(=O)Oc2cnc(-c3ccc(OCC(C)CC)cc3)cn2)c(F)c1. The number of aromatic nitrogens is 4. The fourth-order valence-corrected chi connectivity index (χ4v) is 6.59. The fraction of sp³-hybridized carbons (Fsp3) is 0.382. The molecule has 0 aliphatic rings. The average molecular weight is 915 g/mol. The lowest BCUT2D eigenvalue weighted by Gasteiger charge is -2.11. The van der Waals surface area contributed by atoms with E-state index in [9.17, 15) is 18.4 Å². The van der Waals surface area contributed by atoms with Crippen molar-refractivity contribution >= 4 is 11.9 Å². The Morgan fingerprint density at radius 3 is 1.27 bits per heavy atom. The molecule has 354 valence electrons. The fourth-order valence-electron chi connectivity index (χ4n) is 6.59. The van der Waals surface area contributed by atoms with Crippen LogP contribution in [0, 0.1) is 23.5 Å². The number of nitrogens with zero attached hydrogens (tertiary/aromatic N) is 4. The number of aryl methyl sites for hydroxylation is 2. The summed E-state index contributed by atoms with van der Waals surface area (Å²) in [6, 6.07) is 24.5. The van der Waals surface area contributed by atoms with E-state index >= 15 is 0 Å². The first-order valence-electron chi connectivity index (χ1n) is 23.6. The quantitative estimate of drug-likeness (QED) is 0.0453. The van der Waals surface area contributed by atoms with E-state index in [4.69, 9.17) is 18.9 Å². The Bertz CT molecular complexity index is 2430. The molecule has 0 aliphatic heterocycles. The monoisotopic (exact) mass is 914 g/mol. The van der Waals surface area contributed by atoms with Gasteiger partial charge in [-0.05, 0) is 121 Å². The second kappa shape index (κ2) is 27.2. The lowest BCUT2D eigenvalue weighted by molar-refractivity contribution is 0.0711. The maximum absolute atomic E-state index is 14.5. The van der Waals surface area contributed by atoms with Gasteiger partial charge in [0, 0.05) is 11.1 Å². The molecule has 0 fully saturated rings. The lowest BCUT2D eigenvalue weighted by atomic mass is 10.0. The first kappa shape index (κ1) is 51.4. The van der Waals surface area contributed by atoms with Crippen LogP contribution >= 0.6 is 0 Å². The van der Waals surface area contributed by atoms with E-state index in [0.29, 0.717) is 36.4 Å². The van der Waals surface area contributed by atoms with Gasteiger partial charge in [0.15, 0.2) is 0 Å². The summed E-state index contributed by atoms with van der Waals surface area (Å²) in [7, 11) is 0. The van der Waals surface area contributed by atoms with Gasteiger partial charge in [0.25, 0.3) is 0 Å². The van der Waals surface area contributed by atoms with Crippen molar-refractivity contribution in [2.45, 2.75) is 112 Å². The van der Waals surface area contributed by atoms with Gasteiger partial charge in [-0.1, -0.05) is 98.6 Å². The zero-order valence-corrected chi connectivity index (χ0v) is 39.7. The molecule has 0 N–H and O–H groups in total. The third-order valence-electron chi connectivity index (χ3n) is 11.3. The molecule has 0 saturated heterocycles. The molecule has 10 nitrogen and oxygen atoms in total. The van der Waals surface area contributed by atoms with Crippen LogP contribution in [0.15, 0.2) is 110 Å². The van der Waals surface area contributed by atoms with Crippen LogP contribution in [0.25, 0.3) is 22.5 Å². The highest BCUT2D eigenvalue weighted by Gasteiger charge is 2.18. The number of carbonyl (C=O) groups is 2. The molecule has 0 amide bonds. The minimum Gasteiger partial charge on any atom is -0.493 e. The molecule has 2 atom stereocenters. The maximum Gasteiger partial charge on any atom is 0.347 e. The molecule has 0 saturated carbocycles. The second-order valence-electron chi connectivity index (χ2n) is 16.9. The zero-order valence-electron chi connectivity index (χ0n) is 39.7. The number of unbranched alkanes of at least 4 members (excludes halogenated alkanes) is 5. The van der Waals surface area contributed by atoms with Crippen LogP contribution in [-0.4, -0.2) is 45.1 Å². The number of ether oxygens (including phenoxy) is 4. The molecule has 2 heterocycles. The number of esters is 2. The molecule has 4 aromatic carbocycles. The van der Waals surface area contributed by atoms with Crippen LogP contribution in [0.2, 0.25) is 0 Å². The van der Waals surface area contributed by atoms with E-state index in [2.05, 4.69) is 61.5 Å². The van der Waals surface area contributed by atoms with Crippen LogP contribution in [0.1, 0.15) is 131 Å². The molecule has 2 aromatic heterocycles. The highest BCUT2D eigenvalue weighted by atomic mass is 19.1. The molecular formula is C55H64F2N4O6. The zero-order chi connectivity index (χ0) is 48.0. The first-order valence-corrected chi connectivity index (χ1v) is 23.6. The third kappa shape index (κ3) is 16.7. The summed E-state index contributed by atoms with van der Waals surface area (Å²) < 4.78 is 50.9. The van der Waals surface area contributed by atoms with Gasteiger partial charge in [-0.2, -0.15) is 0 Å². The standard InChI is InChI=1S/C28H33FN2O3.C27H31FN2O3/c1-4-6-7-8-9-21-10-15-24(25(29)16-21)28(32)34-27-18-30-26(17-31-27)22-11-13-23(14-12-22)33-19-20(3)5-2;1-4-6-7-8-20-9-14-23(24(28)15-20)27(31)33-26-17-29-25(16-30-26)21-10-12-22(13-11-21)32-18-19(3)5-2/h10-18,20H,4-9,19H2,1-3H3;9-17,19H,4-8,18H2,1-3H3. The molecule has 2 unspecified atom stereocenters. The molecule has 0 spiro atoms. The van der Waals surface area contributed by atoms with Gasteiger partial charge >= 0.3 is 11.9 Å². The Morgan fingerprint density at radius 1 is 0.507 bits per heavy atom. The first-order chi connectivity index (χ1) is 32.5.